The smallest absolute Gasteiger partial charge is 0.258 e. The van der Waals surface area contributed by atoms with Crippen LogP contribution in [0.3, 0.4) is 0 Å². The highest BCUT2D eigenvalue weighted by atomic mass is 32.2. The first-order valence-corrected chi connectivity index (χ1v) is 9.41. The van der Waals surface area contributed by atoms with Crippen molar-refractivity contribution >= 4 is 38.1 Å². The molecule has 0 radical (unpaired) electrons. The maximum absolute atomic E-state index is 12.1. The Kier molecular flexibility index (Phi) is 4.72. The molecule has 2 rings (SSSR count). The third-order valence-electron chi connectivity index (χ3n) is 3.26. The summed E-state index contributed by atoms with van der Waals surface area (Å²) in [5.74, 6) is 0.283. The largest absolute Gasteiger partial charge is 0.382 e. The molecule has 0 aliphatic carbocycles. The Balaban J connectivity index is 2.09. The Labute approximate surface area is 128 Å². The fraction of sp³-hybridized carbons (Fsp3) is 0.667. The van der Waals surface area contributed by atoms with Gasteiger partial charge in [-0.25, -0.2) is 8.42 Å². The third-order valence-corrected chi connectivity index (χ3v) is 5.76. The van der Waals surface area contributed by atoms with Gasteiger partial charge in [0.2, 0.25) is 0 Å². The average Bonchev–Trinajstić information content (AvgIpc) is 2.72. The van der Waals surface area contributed by atoms with Crippen LogP contribution in [0.25, 0.3) is 0 Å². The minimum absolute atomic E-state index is 0.00414. The molecule has 1 aliphatic heterocycles. The fourth-order valence-corrected chi connectivity index (χ4v) is 4.45. The van der Waals surface area contributed by atoms with Crippen LogP contribution in [-0.2, 0) is 9.84 Å². The summed E-state index contributed by atoms with van der Waals surface area (Å²) >= 11 is 1.13. The normalized spacial score (nSPS) is 18.6. The number of amides is 1. The molecule has 1 saturated heterocycles. The lowest BCUT2D eigenvalue weighted by Crippen LogP contribution is -2.34. The molecule has 4 N–H and O–H groups in total. The summed E-state index contributed by atoms with van der Waals surface area (Å²) in [6.45, 7) is 3.74. The molecule has 1 aromatic rings. The Hall–Kier alpha value is -1.35. The number of hydrogen-bond donors (Lipinski definition) is 3. The van der Waals surface area contributed by atoms with Gasteiger partial charge < -0.3 is 16.4 Å². The second-order valence-electron chi connectivity index (χ2n) is 5.47. The van der Waals surface area contributed by atoms with Crippen molar-refractivity contribution < 1.29 is 13.2 Å². The highest BCUT2D eigenvalue weighted by molar-refractivity contribution is 7.91. The molecule has 1 aromatic heterocycles. The summed E-state index contributed by atoms with van der Waals surface area (Å²) in [6.07, 6.45) is 1.07. The molecule has 2 heterocycles. The van der Waals surface area contributed by atoms with Crippen molar-refractivity contribution in [3.8, 4) is 0 Å². The number of nitrogen functional groups attached to an aromatic ring is 1. The summed E-state index contributed by atoms with van der Waals surface area (Å²) in [6, 6.07) is 0.0310. The van der Waals surface area contributed by atoms with E-state index in [1.807, 2.05) is 13.8 Å². The van der Waals surface area contributed by atoms with Crippen LogP contribution < -0.4 is 16.4 Å². The number of aromatic nitrogens is 1. The molecular weight excluding hydrogens is 312 g/mol. The van der Waals surface area contributed by atoms with E-state index in [1.54, 1.807) is 0 Å². The van der Waals surface area contributed by atoms with Crippen molar-refractivity contribution in [3.05, 3.63) is 5.56 Å². The van der Waals surface area contributed by atoms with Gasteiger partial charge in [0.15, 0.2) is 5.82 Å². The number of sulfone groups is 1. The quantitative estimate of drug-likeness (QED) is 0.753. The van der Waals surface area contributed by atoms with Crippen molar-refractivity contribution in [1.29, 1.82) is 0 Å². The molecule has 21 heavy (non-hydrogen) atoms. The van der Waals surface area contributed by atoms with Crippen LogP contribution in [0.5, 0.6) is 0 Å². The molecule has 0 unspecified atom stereocenters. The van der Waals surface area contributed by atoms with Crippen LogP contribution in [0, 0.1) is 0 Å². The molecular formula is C12H20N4O3S2. The fourth-order valence-electron chi connectivity index (χ4n) is 2.17. The first-order chi connectivity index (χ1) is 9.78. The van der Waals surface area contributed by atoms with Crippen molar-refractivity contribution in [2.75, 3.05) is 22.6 Å². The predicted molar refractivity (Wildman–Crippen MR) is 84.4 cm³/mol. The second kappa shape index (κ2) is 6.18. The number of hydrogen-bond acceptors (Lipinski definition) is 7. The maximum Gasteiger partial charge on any atom is 0.258 e. The molecule has 7 nitrogen and oxygen atoms in total. The Morgan fingerprint density at radius 1 is 1.38 bits per heavy atom. The van der Waals surface area contributed by atoms with Gasteiger partial charge in [0.1, 0.15) is 20.4 Å². The molecule has 0 atom stereocenters. The number of nitrogens with two attached hydrogens (primary N) is 1. The monoisotopic (exact) mass is 332 g/mol. The van der Waals surface area contributed by atoms with Gasteiger partial charge in [0, 0.05) is 12.1 Å². The lowest BCUT2D eigenvalue weighted by molar-refractivity contribution is 0.0945. The second-order valence-corrected chi connectivity index (χ2v) is 8.55. The van der Waals surface area contributed by atoms with E-state index in [2.05, 4.69) is 15.0 Å². The van der Waals surface area contributed by atoms with E-state index < -0.39 is 9.84 Å². The van der Waals surface area contributed by atoms with E-state index in [0.29, 0.717) is 23.4 Å². The first-order valence-electron chi connectivity index (χ1n) is 6.81. The summed E-state index contributed by atoms with van der Waals surface area (Å²) in [5.41, 5.74) is 6.12. The number of carbonyl (C=O) groups is 1. The van der Waals surface area contributed by atoms with Crippen LogP contribution in [0.2, 0.25) is 0 Å². The highest BCUT2D eigenvalue weighted by Gasteiger charge is 2.26. The molecule has 118 valence electrons. The molecule has 1 amide bonds. The number of nitrogens with zero attached hydrogens (tertiary/aromatic N) is 1. The lowest BCUT2D eigenvalue weighted by atomic mass is 10.1. The third kappa shape index (κ3) is 4.07. The molecule has 1 fully saturated rings. The summed E-state index contributed by atoms with van der Waals surface area (Å²) < 4.78 is 26.9. The Bertz CT molecular complexity index is 610. The number of rotatable bonds is 4. The van der Waals surface area contributed by atoms with Crippen LogP contribution in [0.4, 0.5) is 10.8 Å². The summed E-state index contributed by atoms with van der Waals surface area (Å²) in [7, 11) is -2.90. The lowest BCUT2D eigenvalue weighted by Gasteiger charge is -2.23. The van der Waals surface area contributed by atoms with Crippen LogP contribution in [0.15, 0.2) is 0 Å². The van der Waals surface area contributed by atoms with E-state index in [1.165, 1.54) is 0 Å². The van der Waals surface area contributed by atoms with E-state index in [4.69, 9.17) is 5.73 Å². The molecule has 1 aliphatic rings. The predicted octanol–water partition coefficient (Wildman–Crippen LogP) is 0.853. The maximum atomic E-state index is 12.1. The highest BCUT2D eigenvalue weighted by Crippen LogP contribution is 2.29. The van der Waals surface area contributed by atoms with Crippen molar-refractivity contribution in [2.45, 2.75) is 38.8 Å². The van der Waals surface area contributed by atoms with Gasteiger partial charge in [-0.3, -0.25) is 4.79 Å². The van der Waals surface area contributed by atoms with Crippen LogP contribution in [0.1, 0.15) is 37.0 Å². The van der Waals surface area contributed by atoms with Gasteiger partial charge in [-0.05, 0) is 38.2 Å². The molecule has 0 bridgehead atoms. The number of carbonyl (C=O) groups excluding carboxylic acids is 1. The molecule has 0 spiro atoms. The van der Waals surface area contributed by atoms with E-state index in [-0.39, 0.29) is 35.3 Å². The zero-order valence-corrected chi connectivity index (χ0v) is 13.7. The van der Waals surface area contributed by atoms with Gasteiger partial charge in [-0.1, -0.05) is 0 Å². The zero-order valence-electron chi connectivity index (χ0n) is 12.0. The molecule has 9 heteroatoms. The topological polar surface area (TPSA) is 114 Å². The van der Waals surface area contributed by atoms with Crippen molar-refractivity contribution in [3.63, 3.8) is 0 Å². The van der Waals surface area contributed by atoms with Gasteiger partial charge >= 0.3 is 0 Å². The standard InChI is InChI=1S/C12H20N4O3S2/c1-7(2)14-11(17)9-10(13)16-20-12(9)15-8-3-5-21(18,19)6-4-8/h7-8,15H,3-6H2,1-2H3,(H2,13,16)(H,14,17). The summed E-state index contributed by atoms with van der Waals surface area (Å²) in [4.78, 5) is 12.1. The first kappa shape index (κ1) is 16.0. The Morgan fingerprint density at radius 3 is 2.57 bits per heavy atom. The minimum atomic E-state index is -2.90. The number of anilines is 2. The minimum Gasteiger partial charge on any atom is -0.382 e. The summed E-state index contributed by atoms with van der Waals surface area (Å²) in [5, 5.41) is 6.61. The van der Waals surface area contributed by atoms with Gasteiger partial charge in [0.25, 0.3) is 5.91 Å². The van der Waals surface area contributed by atoms with Crippen LogP contribution >= 0.6 is 11.5 Å². The van der Waals surface area contributed by atoms with E-state index in [0.717, 1.165) is 11.5 Å². The van der Waals surface area contributed by atoms with Gasteiger partial charge in [-0.2, -0.15) is 4.37 Å². The van der Waals surface area contributed by atoms with Gasteiger partial charge in [0.05, 0.1) is 11.5 Å². The zero-order chi connectivity index (χ0) is 15.6. The molecule has 0 aromatic carbocycles. The average molecular weight is 332 g/mol. The Morgan fingerprint density at radius 2 is 2.00 bits per heavy atom. The van der Waals surface area contributed by atoms with E-state index in [9.17, 15) is 13.2 Å². The van der Waals surface area contributed by atoms with Crippen molar-refractivity contribution in [2.24, 2.45) is 0 Å². The van der Waals surface area contributed by atoms with E-state index >= 15 is 0 Å². The SMILES string of the molecule is CC(C)NC(=O)c1c(N)nsc1NC1CCS(=O)(=O)CC1. The van der Waals surface area contributed by atoms with Gasteiger partial charge in [-0.15, -0.1) is 0 Å². The van der Waals surface area contributed by atoms with Crippen LogP contribution in [-0.4, -0.2) is 42.3 Å². The number of nitrogens with one attached hydrogen (secondary N) is 2. The van der Waals surface area contributed by atoms with Crippen molar-refractivity contribution in [1.82, 2.24) is 9.69 Å². The molecule has 0 saturated carbocycles.